The van der Waals surface area contributed by atoms with Crippen molar-refractivity contribution < 1.29 is 17.2 Å². The van der Waals surface area contributed by atoms with Gasteiger partial charge in [0.05, 0.1) is 0 Å². The molecular formula is C13H16F2N2O2S. The molecule has 7 heteroatoms. The number of nitrogens with zero attached hydrogens (tertiary/aromatic N) is 1. The average molecular weight is 302 g/mol. The summed E-state index contributed by atoms with van der Waals surface area (Å²) >= 11 is 0. The third kappa shape index (κ3) is 2.34. The van der Waals surface area contributed by atoms with E-state index < -0.39 is 26.6 Å². The van der Waals surface area contributed by atoms with E-state index in [0.29, 0.717) is 19.0 Å². The highest BCUT2D eigenvalue weighted by molar-refractivity contribution is 7.89. The van der Waals surface area contributed by atoms with Crippen molar-refractivity contribution in [2.24, 2.45) is 11.8 Å². The van der Waals surface area contributed by atoms with E-state index >= 15 is 0 Å². The fourth-order valence-electron chi connectivity index (χ4n) is 3.03. The number of piperidine rings is 1. The second-order valence-electron chi connectivity index (χ2n) is 5.40. The molecule has 0 saturated carbocycles. The maximum absolute atomic E-state index is 13.7. The molecule has 0 spiro atoms. The molecule has 0 aromatic heterocycles. The van der Waals surface area contributed by atoms with Gasteiger partial charge in [0.1, 0.15) is 16.5 Å². The highest BCUT2D eigenvalue weighted by atomic mass is 32.2. The number of hydrogen-bond donors (Lipinski definition) is 1. The van der Waals surface area contributed by atoms with Crippen molar-refractivity contribution >= 4 is 10.0 Å². The Bertz CT molecular complexity index is 621. The van der Waals surface area contributed by atoms with Gasteiger partial charge in [0.15, 0.2) is 0 Å². The van der Waals surface area contributed by atoms with Gasteiger partial charge in [-0.15, -0.1) is 0 Å². The molecule has 2 unspecified atom stereocenters. The minimum Gasteiger partial charge on any atom is -0.316 e. The third-order valence-corrected chi connectivity index (χ3v) is 6.06. The van der Waals surface area contributed by atoms with Crippen LogP contribution in [-0.2, 0) is 10.0 Å². The third-order valence-electron chi connectivity index (χ3n) is 4.18. The first-order valence-electron chi connectivity index (χ1n) is 6.64. The molecule has 2 aliphatic heterocycles. The molecule has 0 bridgehead atoms. The molecule has 2 aliphatic rings. The predicted molar refractivity (Wildman–Crippen MR) is 69.6 cm³/mol. The van der Waals surface area contributed by atoms with Gasteiger partial charge < -0.3 is 5.32 Å². The molecule has 0 amide bonds. The van der Waals surface area contributed by atoms with Crippen LogP contribution in [0.2, 0.25) is 0 Å². The van der Waals surface area contributed by atoms with Crippen LogP contribution < -0.4 is 5.32 Å². The van der Waals surface area contributed by atoms with Crippen molar-refractivity contribution in [2.45, 2.75) is 11.3 Å². The van der Waals surface area contributed by atoms with Gasteiger partial charge in [-0.1, -0.05) is 0 Å². The molecule has 110 valence electrons. The second-order valence-corrected chi connectivity index (χ2v) is 7.31. The molecule has 2 atom stereocenters. The fraction of sp³-hybridized carbons (Fsp3) is 0.538. The van der Waals surface area contributed by atoms with Gasteiger partial charge in [-0.05, 0) is 49.5 Å². The molecule has 4 nitrogen and oxygen atoms in total. The summed E-state index contributed by atoms with van der Waals surface area (Å²) in [7, 11) is -3.96. The van der Waals surface area contributed by atoms with Crippen LogP contribution in [0.3, 0.4) is 0 Å². The highest BCUT2D eigenvalue weighted by Gasteiger charge is 2.38. The monoisotopic (exact) mass is 302 g/mol. The Morgan fingerprint density at radius 3 is 2.75 bits per heavy atom. The molecule has 1 N–H and O–H groups in total. The van der Waals surface area contributed by atoms with Crippen LogP contribution in [0.1, 0.15) is 6.42 Å². The zero-order chi connectivity index (χ0) is 14.3. The number of benzene rings is 1. The van der Waals surface area contributed by atoms with E-state index in [9.17, 15) is 17.2 Å². The van der Waals surface area contributed by atoms with Crippen molar-refractivity contribution in [1.82, 2.24) is 9.62 Å². The van der Waals surface area contributed by atoms with Gasteiger partial charge in [-0.25, -0.2) is 17.2 Å². The largest absolute Gasteiger partial charge is 0.316 e. The number of halogens is 2. The summed E-state index contributed by atoms with van der Waals surface area (Å²) in [5.41, 5.74) is 0. The van der Waals surface area contributed by atoms with Gasteiger partial charge in [0.25, 0.3) is 0 Å². The lowest BCUT2D eigenvalue weighted by Gasteiger charge is -2.33. The van der Waals surface area contributed by atoms with Crippen molar-refractivity contribution in [3.05, 3.63) is 29.8 Å². The summed E-state index contributed by atoms with van der Waals surface area (Å²) in [6.45, 7) is 2.42. The predicted octanol–water partition coefficient (Wildman–Crippen LogP) is 1.19. The van der Waals surface area contributed by atoms with Crippen molar-refractivity contribution in [2.75, 3.05) is 26.2 Å². The lowest BCUT2D eigenvalue weighted by Crippen LogP contribution is -2.43. The summed E-state index contributed by atoms with van der Waals surface area (Å²) in [6.07, 6.45) is 0.758. The topological polar surface area (TPSA) is 49.4 Å². The molecule has 0 radical (unpaired) electrons. The quantitative estimate of drug-likeness (QED) is 0.893. The van der Waals surface area contributed by atoms with Crippen LogP contribution in [0.4, 0.5) is 8.78 Å². The fourth-order valence-corrected chi connectivity index (χ4v) is 4.62. The lowest BCUT2D eigenvalue weighted by molar-refractivity contribution is 0.227. The van der Waals surface area contributed by atoms with E-state index in [1.807, 2.05) is 0 Å². The first kappa shape index (κ1) is 13.9. The van der Waals surface area contributed by atoms with Crippen molar-refractivity contribution in [1.29, 1.82) is 0 Å². The molecular weight excluding hydrogens is 286 g/mol. The molecule has 2 saturated heterocycles. The van der Waals surface area contributed by atoms with Gasteiger partial charge in [-0.2, -0.15) is 4.31 Å². The Balaban J connectivity index is 1.90. The molecule has 1 aromatic rings. The SMILES string of the molecule is O=S(=O)(c1cc(F)ccc1F)N1CCC2CNCC2C1. The lowest BCUT2D eigenvalue weighted by atomic mass is 9.90. The zero-order valence-corrected chi connectivity index (χ0v) is 11.7. The number of hydrogen-bond acceptors (Lipinski definition) is 3. The van der Waals surface area contributed by atoms with E-state index in [4.69, 9.17) is 0 Å². The number of sulfonamides is 1. The first-order chi connectivity index (χ1) is 9.48. The summed E-state index contributed by atoms with van der Waals surface area (Å²) < 4.78 is 53.1. The van der Waals surface area contributed by atoms with Gasteiger partial charge in [-0.3, -0.25) is 0 Å². The number of rotatable bonds is 2. The smallest absolute Gasteiger partial charge is 0.246 e. The van der Waals surface area contributed by atoms with Crippen LogP contribution in [0.25, 0.3) is 0 Å². The summed E-state index contributed by atoms with van der Waals surface area (Å²) in [4.78, 5) is -0.568. The molecule has 2 heterocycles. The Morgan fingerprint density at radius 2 is 1.95 bits per heavy atom. The van der Waals surface area contributed by atoms with Gasteiger partial charge >= 0.3 is 0 Å². The van der Waals surface area contributed by atoms with E-state index in [1.165, 1.54) is 4.31 Å². The van der Waals surface area contributed by atoms with E-state index in [1.54, 1.807) is 0 Å². The molecule has 3 rings (SSSR count). The summed E-state index contributed by atoms with van der Waals surface area (Å²) in [5, 5.41) is 3.24. The summed E-state index contributed by atoms with van der Waals surface area (Å²) in [5.74, 6) is -0.908. The minimum atomic E-state index is -3.96. The van der Waals surface area contributed by atoms with E-state index in [-0.39, 0.29) is 5.92 Å². The van der Waals surface area contributed by atoms with Gasteiger partial charge in [0.2, 0.25) is 10.0 Å². The Morgan fingerprint density at radius 1 is 1.20 bits per heavy atom. The Labute approximate surface area is 116 Å². The molecule has 20 heavy (non-hydrogen) atoms. The maximum atomic E-state index is 13.7. The van der Waals surface area contributed by atoms with Crippen molar-refractivity contribution in [3.8, 4) is 0 Å². The van der Waals surface area contributed by atoms with E-state index in [0.717, 1.165) is 37.7 Å². The Hall–Kier alpha value is -1.05. The van der Waals surface area contributed by atoms with Crippen LogP contribution >= 0.6 is 0 Å². The average Bonchev–Trinajstić information content (AvgIpc) is 2.88. The van der Waals surface area contributed by atoms with Crippen molar-refractivity contribution in [3.63, 3.8) is 0 Å². The molecule has 2 fully saturated rings. The first-order valence-corrected chi connectivity index (χ1v) is 8.08. The second kappa shape index (κ2) is 5.05. The van der Waals surface area contributed by atoms with Gasteiger partial charge in [0, 0.05) is 13.1 Å². The maximum Gasteiger partial charge on any atom is 0.246 e. The zero-order valence-electron chi connectivity index (χ0n) is 10.9. The van der Waals surface area contributed by atoms with E-state index in [2.05, 4.69) is 5.32 Å². The molecule has 0 aliphatic carbocycles. The number of nitrogens with one attached hydrogen (secondary N) is 1. The normalized spacial score (nSPS) is 27.5. The van der Waals surface area contributed by atoms with Crippen LogP contribution in [0.5, 0.6) is 0 Å². The van der Waals surface area contributed by atoms with Crippen LogP contribution in [0, 0.1) is 23.5 Å². The standard InChI is InChI=1S/C13H16F2N2O2S/c14-11-1-2-12(15)13(5-11)20(18,19)17-4-3-9-6-16-7-10(9)8-17/h1-2,5,9-10,16H,3-4,6-8H2. The van der Waals surface area contributed by atoms with Crippen LogP contribution in [-0.4, -0.2) is 38.9 Å². The molecule has 1 aromatic carbocycles. The minimum absolute atomic E-state index is 0.259. The highest BCUT2D eigenvalue weighted by Crippen LogP contribution is 2.30. The Kier molecular flexibility index (Phi) is 3.51. The van der Waals surface area contributed by atoms with Crippen LogP contribution in [0.15, 0.2) is 23.1 Å². The summed E-state index contributed by atoms with van der Waals surface area (Å²) in [6, 6.07) is 2.53. The number of fused-ring (bicyclic) bond motifs is 1.